The van der Waals surface area contributed by atoms with Gasteiger partial charge in [-0.2, -0.15) is 0 Å². The van der Waals surface area contributed by atoms with E-state index in [1.54, 1.807) is 0 Å². The molecule has 1 heterocycles. The fraction of sp³-hybridized carbons (Fsp3) is 0.778. The number of rotatable bonds is 4. The van der Waals surface area contributed by atoms with Crippen molar-refractivity contribution in [1.82, 2.24) is 0 Å². The number of carbonyl (C=O) groups excluding carboxylic acids is 1. The van der Waals surface area contributed by atoms with Gasteiger partial charge in [-0.05, 0) is 12.8 Å². The van der Waals surface area contributed by atoms with Crippen LogP contribution in [-0.4, -0.2) is 98.4 Å². The van der Waals surface area contributed by atoms with E-state index in [9.17, 15) is 9.59 Å². The van der Waals surface area contributed by atoms with Gasteiger partial charge in [0.25, 0.3) is 0 Å². The van der Waals surface area contributed by atoms with E-state index in [2.05, 4.69) is 0 Å². The van der Waals surface area contributed by atoms with Crippen LogP contribution in [0.4, 0.5) is 0 Å². The van der Waals surface area contributed by atoms with E-state index in [4.69, 9.17) is 14.6 Å². The van der Waals surface area contributed by atoms with Crippen LogP contribution in [0.3, 0.4) is 0 Å². The summed E-state index contributed by atoms with van der Waals surface area (Å²) in [4.78, 5) is 21.5. The molecule has 1 N–H and O–H groups in total. The summed E-state index contributed by atoms with van der Waals surface area (Å²) in [6.07, 6.45) is 2.46. The maximum atomic E-state index is 11.3. The van der Waals surface area contributed by atoms with Crippen molar-refractivity contribution in [3.63, 3.8) is 0 Å². The molecule has 0 aromatic carbocycles. The minimum atomic E-state index is -0.987. The molecule has 90 valence electrons. The SMILES string of the molecule is O=C(O)CCC(=O)OC1([SiH3])CCCCO1.[NaH].[NaH]. The normalized spacial score (nSPS) is 23.1. The molecule has 1 atom stereocenters. The monoisotopic (exact) mass is 280 g/mol. The van der Waals surface area contributed by atoms with Crippen LogP contribution in [0.25, 0.3) is 0 Å². The van der Waals surface area contributed by atoms with Crippen LogP contribution in [0.15, 0.2) is 0 Å². The van der Waals surface area contributed by atoms with Gasteiger partial charge in [-0.25, -0.2) is 0 Å². The number of carboxylic acids is 1. The molecule has 17 heavy (non-hydrogen) atoms. The summed E-state index contributed by atoms with van der Waals surface area (Å²) in [6, 6.07) is 0. The van der Waals surface area contributed by atoms with Gasteiger partial charge in [-0.3, -0.25) is 9.59 Å². The molecule has 0 aromatic rings. The Hall–Kier alpha value is 1.12. The van der Waals surface area contributed by atoms with Crippen molar-refractivity contribution in [2.45, 2.75) is 37.5 Å². The molecule has 1 saturated heterocycles. The third kappa shape index (κ3) is 8.77. The van der Waals surface area contributed by atoms with Crippen LogP contribution in [-0.2, 0) is 19.1 Å². The van der Waals surface area contributed by atoms with E-state index >= 15 is 0 Å². The molecule has 8 heteroatoms. The van der Waals surface area contributed by atoms with Crippen molar-refractivity contribution >= 4 is 81.3 Å². The summed E-state index contributed by atoms with van der Waals surface area (Å²) in [7, 11) is 0.619. The predicted molar refractivity (Wildman–Crippen MR) is 69.7 cm³/mol. The summed E-state index contributed by atoms with van der Waals surface area (Å²) in [5.74, 6) is -1.46. The van der Waals surface area contributed by atoms with E-state index in [1.807, 2.05) is 0 Å². The van der Waals surface area contributed by atoms with Gasteiger partial charge in [0.2, 0.25) is 0 Å². The van der Waals surface area contributed by atoms with Gasteiger partial charge < -0.3 is 14.6 Å². The standard InChI is InChI=1S/C9H16O5Si.2Na.2H/c10-7(11)3-4-8(12)14-9(15)5-1-2-6-13-9;;;;/h1-6H2,15H3,(H,10,11);;;;. The van der Waals surface area contributed by atoms with E-state index in [0.29, 0.717) is 16.8 Å². The number of carbonyl (C=O) groups is 2. The molecule has 1 aliphatic rings. The molecule has 1 aliphatic heterocycles. The number of aliphatic carboxylic acids is 1. The Labute approximate surface area is 148 Å². The Morgan fingerprint density at radius 2 is 1.94 bits per heavy atom. The molecular weight excluding hydrogens is 262 g/mol. The molecule has 1 fully saturated rings. The Bertz CT molecular complexity index is 256. The van der Waals surface area contributed by atoms with Crippen LogP contribution in [0.2, 0.25) is 0 Å². The zero-order valence-corrected chi connectivity index (χ0v) is 10.8. The Balaban J connectivity index is 0. The number of ether oxygens (including phenoxy) is 2. The molecule has 0 spiro atoms. The second-order valence-electron chi connectivity index (χ2n) is 3.81. The van der Waals surface area contributed by atoms with Crippen molar-refractivity contribution in [2.24, 2.45) is 0 Å². The summed E-state index contributed by atoms with van der Waals surface area (Å²) >= 11 is 0. The molecule has 0 saturated carbocycles. The zero-order valence-electron chi connectivity index (χ0n) is 8.82. The number of esters is 1. The number of hydrogen-bond acceptors (Lipinski definition) is 4. The van der Waals surface area contributed by atoms with Crippen LogP contribution in [0, 0.1) is 0 Å². The molecule has 0 aliphatic carbocycles. The van der Waals surface area contributed by atoms with Crippen LogP contribution >= 0.6 is 0 Å². The average Bonchev–Trinajstić information content (AvgIpc) is 2.15. The fourth-order valence-corrected chi connectivity index (χ4v) is 2.28. The van der Waals surface area contributed by atoms with Crippen LogP contribution < -0.4 is 0 Å². The topological polar surface area (TPSA) is 72.8 Å². The first-order chi connectivity index (χ1) is 7.02. The fourth-order valence-electron chi connectivity index (χ4n) is 1.49. The molecule has 5 nitrogen and oxygen atoms in total. The minimum absolute atomic E-state index is 0. The predicted octanol–water partition coefficient (Wildman–Crippen LogP) is -1.68. The Morgan fingerprint density at radius 3 is 2.41 bits per heavy atom. The quantitative estimate of drug-likeness (QED) is 0.492. The van der Waals surface area contributed by atoms with Crippen molar-refractivity contribution in [1.29, 1.82) is 0 Å². The first kappa shape index (κ1) is 20.4. The third-order valence-corrected chi connectivity index (χ3v) is 3.30. The summed E-state index contributed by atoms with van der Waals surface area (Å²) in [6.45, 7) is 0.621. The Kier molecular flexibility index (Phi) is 12.0. The summed E-state index contributed by atoms with van der Waals surface area (Å²) in [5.41, 5.74) is -0.714. The number of carboxylic acid groups (broad SMARTS) is 1. The van der Waals surface area contributed by atoms with Gasteiger partial charge in [0.05, 0.1) is 29.7 Å². The van der Waals surface area contributed by atoms with Gasteiger partial charge in [0.15, 0.2) is 5.41 Å². The first-order valence-corrected chi connectivity index (χ1v) is 6.09. The molecule has 1 unspecified atom stereocenters. The number of hydrogen-bond donors (Lipinski definition) is 1. The van der Waals surface area contributed by atoms with Gasteiger partial charge >= 0.3 is 71.1 Å². The molecule has 0 amide bonds. The van der Waals surface area contributed by atoms with Crippen molar-refractivity contribution < 1.29 is 24.2 Å². The molecule has 0 aromatic heterocycles. The molecular formula is C9H18Na2O5Si. The molecule has 1 rings (SSSR count). The summed E-state index contributed by atoms with van der Waals surface area (Å²) in [5, 5.41) is 8.40. The van der Waals surface area contributed by atoms with Gasteiger partial charge in [0, 0.05) is 6.42 Å². The first-order valence-electron chi connectivity index (χ1n) is 5.09. The van der Waals surface area contributed by atoms with Crippen molar-refractivity contribution in [3.05, 3.63) is 0 Å². The molecule has 0 bridgehead atoms. The van der Waals surface area contributed by atoms with Gasteiger partial charge in [-0.1, -0.05) is 0 Å². The van der Waals surface area contributed by atoms with E-state index < -0.39 is 17.3 Å². The van der Waals surface area contributed by atoms with Gasteiger partial charge in [-0.15, -0.1) is 0 Å². The van der Waals surface area contributed by atoms with E-state index in [0.717, 1.165) is 19.3 Å². The van der Waals surface area contributed by atoms with E-state index in [-0.39, 0.29) is 72.0 Å². The second kappa shape index (κ2) is 9.97. The second-order valence-corrected chi connectivity index (χ2v) is 5.33. The maximum absolute atomic E-state index is 11.3. The van der Waals surface area contributed by atoms with Crippen molar-refractivity contribution in [2.75, 3.05) is 6.61 Å². The zero-order chi connectivity index (χ0) is 11.3. The molecule has 0 radical (unpaired) electrons. The van der Waals surface area contributed by atoms with Gasteiger partial charge in [0.1, 0.15) is 0 Å². The Morgan fingerprint density at radius 1 is 1.29 bits per heavy atom. The van der Waals surface area contributed by atoms with E-state index in [1.165, 1.54) is 0 Å². The third-order valence-electron chi connectivity index (χ3n) is 2.31. The summed E-state index contributed by atoms with van der Waals surface area (Å²) < 4.78 is 10.6. The van der Waals surface area contributed by atoms with Crippen LogP contribution in [0.1, 0.15) is 32.1 Å². The average molecular weight is 280 g/mol. The van der Waals surface area contributed by atoms with Crippen molar-refractivity contribution in [3.8, 4) is 0 Å². The van der Waals surface area contributed by atoms with Crippen LogP contribution in [0.5, 0.6) is 0 Å².